The fourth-order valence-corrected chi connectivity index (χ4v) is 2.70. The molecule has 0 unspecified atom stereocenters. The van der Waals surface area contributed by atoms with Gasteiger partial charge in [-0.25, -0.2) is 9.79 Å². The van der Waals surface area contributed by atoms with Crippen LogP contribution in [-0.4, -0.2) is 37.2 Å². The first-order valence-electron chi connectivity index (χ1n) is 7.13. The minimum Gasteiger partial charge on any atom is -0.387 e. The number of amidine groups is 1. The van der Waals surface area contributed by atoms with E-state index in [1.807, 2.05) is 0 Å². The van der Waals surface area contributed by atoms with Gasteiger partial charge in [0, 0.05) is 19.5 Å². The van der Waals surface area contributed by atoms with E-state index >= 15 is 0 Å². The van der Waals surface area contributed by atoms with Crippen molar-refractivity contribution in [1.29, 1.82) is 0 Å². The fourth-order valence-electron chi connectivity index (χ4n) is 2.70. The van der Waals surface area contributed by atoms with Gasteiger partial charge in [-0.1, -0.05) is 31.2 Å². The maximum atomic E-state index is 11.4. The van der Waals surface area contributed by atoms with Crippen molar-refractivity contribution in [2.75, 3.05) is 14.1 Å². The van der Waals surface area contributed by atoms with Gasteiger partial charge in [0.15, 0.2) is 0 Å². The number of fused-ring (bicyclic) bond motifs is 1. The molecular weight excluding hydrogens is 264 g/mol. The first-order valence-corrected chi connectivity index (χ1v) is 7.13. The molecular formula is C16H22N4O. The van der Waals surface area contributed by atoms with Gasteiger partial charge >= 0.3 is 6.03 Å². The van der Waals surface area contributed by atoms with E-state index in [9.17, 15) is 4.79 Å². The Bertz CT molecular complexity index is 565. The summed E-state index contributed by atoms with van der Waals surface area (Å²) in [6.07, 6.45) is 3.96. The van der Waals surface area contributed by atoms with E-state index in [0.717, 1.165) is 19.3 Å². The van der Waals surface area contributed by atoms with Crippen LogP contribution in [0, 0.1) is 5.41 Å². The summed E-state index contributed by atoms with van der Waals surface area (Å²) in [5, 5.41) is 0. The molecule has 1 aliphatic carbocycles. The molecule has 1 aromatic carbocycles. The molecule has 112 valence electrons. The summed E-state index contributed by atoms with van der Waals surface area (Å²) in [5.41, 5.74) is 8.71. The van der Waals surface area contributed by atoms with Crippen molar-refractivity contribution in [3.63, 3.8) is 0 Å². The van der Waals surface area contributed by atoms with Gasteiger partial charge < -0.3 is 10.6 Å². The largest absolute Gasteiger partial charge is 0.387 e. The number of nitrogens with two attached hydrogens (primary N) is 1. The van der Waals surface area contributed by atoms with Crippen LogP contribution in [-0.2, 0) is 12.8 Å². The van der Waals surface area contributed by atoms with Gasteiger partial charge in [0.05, 0.1) is 0 Å². The molecule has 2 rings (SSSR count). The van der Waals surface area contributed by atoms with E-state index < -0.39 is 0 Å². The zero-order chi connectivity index (χ0) is 15.5. The Hall–Kier alpha value is -2.17. The number of amides is 2. The zero-order valence-corrected chi connectivity index (χ0v) is 12.8. The maximum absolute atomic E-state index is 11.4. The predicted octanol–water partition coefficient (Wildman–Crippen LogP) is 2.25. The van der Waals surface area contributed by atoms with Crippen LogP contribution >= 0.6 is 0 Å². The lowest BCUT2D eigenvalue weighted by atomic mass is 9.81. The van der Waals surface area contributed by atoms with Crippen LogP contribution < -0.4 is 5.73 Å². The first-order chi connectivity index (χ1) is 9.98. The SMILES string of the molecule is CCC1(C(N)=N/C=N/C(=O)N(C)C)Cc2ccccc2C1. The molecule has 21 heavy (non-hydrogen) atoms. The third kappa shape index (κ3) is 3.12. The summed E-state index contributed by atoms with van der Waals surface area (Å²) >= 11 is 0. The van der Waals surface area contributed by atoms with Crippen molar-refractivity contribution >= 4 is 18.2 Å². The molecule has 5 heteroatoms. The molecule has 0 saturated carbocycles. The Morgan fingerprint density at radius 3 is 2.38 bits per heavy atom. The molecule has 1 aliphatic rings. The molecule has 0 aliphatic heterocycles. The molecule has 0 saturated heterocycles. The molecule has 2 N–H and O–H groups in total. The third-order valence-corrected chi connectivity index (χ3v) is 4.14. The second-order valence-electron chi connectivity index (χ2n) is 5.69. The Kier molecular flexibility index (Phi) is 4.40. The van der Waals surface area contributed by atoms with Crippen molar-refractivity contribution in [3.05, 3.63) is 35.4 Å². The Morgan fingerprint density at radius 1 is 1.33 bits per heavy atom. The lowest BCUT2D eigenvalue weighted by molar-refractivity contribution is 0.227. The summed E-state index contributed by atoms with van der Waals surface area (Å²) < 4.78 is 0. The van der Waals surface area contributed by atoms with Crippen LogP contribution in [0.3, 0.4) is 0 Å². The van der Waals surface area contributed by atoms with Crippen LogP contribution in [0.1, 0.15) is 24.5 Å². The summed E-state index contributed by atoms with van der Waals surface area (Å²) in [4.78, 5) is 20.7. The molecule has 5 nitrogen and oxygen atoms in total. The van der Waals surface area contributed by atoms with Gasteiger partial charge in [-0.05, 0) is 30.4 Å². The van der Waals surface area contributed by atoms with Crippen molar-refractivity contribution in [3.8, 4) is 0 Å². The van der Waals surface area contributed by atoms with Crippen LogP contribution in [0.4, 0.5) is 4.79 Å². The van der Waals surface area contributed by atoms with Crippen LogP contribution in [0.25, 0.3) is 0 Å². The van der Waals surface area contributed by atoms with E-state index in [1.165, 1.54) is 22.4 Å². The van der Waals surface area contributed by atoms with Crippen molar-refractivity contribution in [2.45, 2.75) is 26.2 Å². The Morgan fingerprint density at radius 2 is 1.90 bits per heavy atom. The van der Waals surface area contributed by atoms with Gasteiger partial charge in [-0.3, -0.25) is 0 Å². The number of hydrogen-bond donors (Lipinski definition) is 1. The van der Waals surface area contributed by atoms with E-state index in [2.05, 4.69) is 41.2 Å². The van der Waals surface area contributed by atoms with Crippen molar-refractivity contribution in [1.82, 2.24) is 4.90 Å². The number of hydrogen-bond acceptors (Lipinski definition) is 1. The van der Waals surface area contributed by atoms with E-state index in [4.69, 9.17) is 5.73 Å². The maximum Gasteiger partial charge on any atom is 0.344 e. The highest BCUT2D eigenvalue weighted by molar-refractivity contribution is 5.95. The molecule has 0 heterocycles. The predicted molar refractivity (Wildman–Crippen MR) is 85.8 cm³/mol. The highest BCUT2D eigenvalue weighted by Gasteiger charge is 2.38. The lowest BCUT2D eigenvalue weighted by Gasteiger charge is -2.26. The summed E-state index contributed by atoms with van der Waals surface area (Å²) in [6.45, 7) is 2.12. The number of aliphatic imine (C=N–C) groups is 2. The molecule has 0 aromatic heterocycles. The molecule has 0 atom stereocenters. The molecule has 1 aromatic rings. The molecule has 0 fully saturated rings. The van der Waals surface area contributed by atoms with Gasteiger partial charge in [0.1, 0.15) is 12.2 Å². The van der Waals surface area contributed by atoms with E-state index in [1.54, 1.807) is 14.1 Å². The highest BCUT2D eigenvalue weighted by Crippen LogP contribution is 2.39. The minimum absolute atomic E-state index is 0.156. The van der Waals surface area contributed by atoms with Crippen LogP contribution in [0.15, 0.2) is 34.3 Å². The van der Waals surface area contributed by atoms with E-state index in [-0.39, 0.29) is 11.4 Å². The molecule has 0 spiro atoms. The number of carbonyl (C=O) groups is 1. The fraction of sp³-hybridized carbons (Fsp3) is 0.438. The van der Waals surface area contributed by atoms with Crippen LogP contribution in [0.2, 0.25) is 0 Å². The number of urea groups is 1. The first kappa shape index (κ1) is 15.2. The van der Waals surface area contributed by atoms with E-state index in [0.29, 0.717) is 5.84 Å². The van der Waals surface area contributed by atoms with Gasteiger partial charge in [-0.2, -0.15) is 4.99 Å². The number of benzene rings is 1. The smallest absolute Gasteiger partial charge is 0.344 e. The summed E-state index contributed by atoms with van der Waals surface area (Å²) in [6, 6.07) is 8.05. The second-order valence-corrected chi connectivity index (χ2v) is 5.69. The second kappa shape index (κ2) is 6.08. The lowest BCUT2D eigenvalue weighted by Crippen LogP contribution is -2.37. The normalized spacial score (nSPS) is 17.0. The summed E-state index contributed by atoms with van der Waals surface area (Å²) in [7, 11) is 3.29. The average molecular weight is 286 g/mol. The molecule has 0 radical (unpaired) electrons. The molecule has 2 amide bonds. The minimum atomic E-state index is -0.341. The highest BCUT2D eigenvalue weighted by atomic mass is 16.2. The zero-order valence-electron chi connectivity index (χ0n) is 12.8. The number of carbonyl (C=O) groups excluding carboxylic acids is 1. The van der Waals surface area contributed by atoms with Gasteiger partial charge in [0.2, 0.25) is 0 Å². The Balaban J connectivity index is 2.17. The van der Waals surface area contributed by atoms with Crippen LogP contribution in [0.5, 0.6) is 0 Å². The number of nitrogens with zero attached hydrogens (tertiary/aromatic N) is 3. The van der Waals surface area contributed by atoms with Gasteiger partial charge in [0.25, 0.3) is 0 Å². The van der Waals surface area contributed by atoms with Crippen molar-refractivity contribution in [2.24, 2.45) is 21.1 Å². The monoisotopic (exact) mass is 286 g/mol. The third-order valence-electron chi connectivity index (χ3n) is 4.14. The summed E-state index contributed by atoms with van der Waals surface area (Å²) in [5.74, 6) is 0.552. The average Bonchev–Trinajstić information content (AvgIpc) is 2.86. The number of rotatable bonds is 3. The quantitative estimate of drug-likeness (QED) is 0.684. The topological polar surface area (TPSA) is 71.0 Å². The van der Waals surface area contributed by atoms with Crippen molar-refractivity contribution < 1.29 is 4.79 Å². The Labute approximate surface area is 125 Å². The molecule has 0 bridgehead atoms. The standard InChI is InChI=1S/C16H22N4O/c1-4-16(9-12-7-5-6-8-13(12)10-16)14(17)18-11-19-15(21)20(2)3/h5-8,11H,4,9-10H2,1-3H3,(H2,17,18,19,21). The van der Waals surface area contributed by atoms with Gasteiger partial charge in [-0.15, -0.1) is 0 Å².